The zero-order valence-corrected chi connectivity index (χ0v) is 12.9. The fourth-order valence-electron chi connectivity index (χ4n) is 2.32. The number of aromatic nitrogens is 3. The topological polar surface area (TPSA) is 92.5 Å². The predicted octanol–water partition coefficient (Wildman–Crippen LogP) is 1.12. The number of pyridine rings is 1. The molecule has 3 rings (SSSR count). The van der Waals surface area contributed by atoms with E-state index in [0.717, 1.165) is 5.82 Å². The minimum atomic E-state index is -0.337. The SMILES string of the molecule is Cc1nccn1-c1ncccc1NC(=O)C1=NN(C)C(=O)CC1. The Hall–Kier alpha value is -3.03. The Kier molecular flexibility index (Phi) is 3.88. The molecule has 1 aliphatic rings. The first-order valence-electron chi connectivity index (χ1n) is 7.17. The summed E-state index contributed by atoms with van der Waals surface area (Å²) in [4.78, 5) is 32.3. The summed E-state index contributed by atoms with van der Waals surface area (Å²) in [5, 5.41) is 8.03. The Morgan fingerprint density at radius 3 is 2.78 bits per heavy atom. The highest BCUT2D eigenvalue weighted by Crippen LogP contribution is 2.19. The van der Waals surface area contributed by atoms with Gasteiger partial charge in [0.25, 0.3) is 5.91 Å². The van der Waals surface area contributed by atoms with Gasteiger partial charge in [0.05, 0.1) is 5.69 Å². The molecule has 118 valence electrons. The number of hydrazone groups is 1. The average Bonchev–Trinajstić information content (AvgIpc) is 2.96. The van der Waals surface area contributed by atoms with Crippen molar-refractivity contribution in [2.45, 2.75) is 19.8 Å². The molecule has 2 aromatic heterocycles. The first-order valence-corrected chi connectivity index (χ1v) is 7.17. The average molecular weight is 312 g/mol. The number of hydrogen-bond donors (Lipinski definition) is 1. The standard InChI is InChI=1S/C15H16N6O2/c1-10-16-8-9-21(10)14-11(4-3-7-17-14)18-15(23)12-5-6-13(22)20(2)19-12/h3-4,7-9H,5-6H2,1-2H3,(H,18,23). The summed E-state index contributed by atoms with van der Waals surface area (Å²) >= 11 is 0. The van der Waals surface area contributed by atoms with E-state index >= 15 is 0 Å². The highest BCUT2D eigenvalue weighted by atomic mass is 16.2. The van der Waals surface area contributed by atoms with Crippen molar-refractivity contribution in [1.82, 2.24) is 19.5 Å². The molecule has 0 bridgehead atoms. The molecule has 0 saturated carbocycles. The second-order valence-electron chi connectivity index (χ2n) is 5.14. The van der Waals surface area contributed by atoms with Gasteiger partial charge in [0.15, 0.2) is 5.82 Å². The van der Waals surface area contributed by atoms with E-state index in [4.69, 9.17) is 0 Å². The number of hydrogen-bond acceptors (Lipinski definition) is 5. The normalized spacial score (nSPS) is 14.6. The van der Waals surface area contributed by atoms with Crippen LogP contribution in [-0.2, 0) is 9.59 Å². The molecular weight excluding hydrogens is 296 g/mol. The lowest BCUT2D eigenvalue weighted by Gasteiger charge is -2.19. The molecule has 0 atom stereocenters. The number of anilines is 1. The number of rotatable bonds is 3. The number of nitrogens with one attached hydrogen (secondary N) is 1. The first kappa shape index (κ1) is 14.9. The van der Waals surface area contributed by atoms with Gasteiger partial charge in [-0.3, -0.25) is 14.2 Å². The van der Waals surface area contributed by atoms with Gasteiger partial charge in [0.1, 0.15) is 11.5 Å². The van der Waals surface area contributed by atoms with Crippen molar-refractivity contribution in [2.75, 3.05) is 12.4 Å². The number of imidazole rings is 1. The number of nitrogens with zero attached hydrogens (tertiary/aromatic N) is 5. The zero-order valence-electron chi connectivity index (χ0n) is 12.9. The molecule has 2 aromatic rings. The maximum absolute atomic E-state index is 12.4. The summed E-state index contributed by atoms with van der Waals surface area (Å²) < 4.78 is 1.79. The van der Waals surface area contributed by atoms with Gasteiger partial charge in [-0.25, -0.2) is 15.0 Å². The number of aryl methyl sites for hydroxylation is 1. The molecule has 8 heteroatoms. The molecule has 0 unspecified atom stereocenters. The highest BCUT2D eigenvalue weighted by Gasteiger charge is 2.22. The Morgan fingerprint density at radius 2 is 2.09 bits per heavy atom. The first-order chi connectivity index (χ1) is 11.1. The van der Waals surface area contributed by atoms with E-state index in [1.807, 2.05) is 6.92 Å². The Morgan fingerprint density at radius 1 is 1.26 bits per heavy atom. The summed E-state index contributed by atoms with van der Waals surface area (Å²) in [7, 11) is 1.54. The van der Waals surface area contributed by atoms with E-state index in [1.165, 1.54) is 5.01 Å². The second-order valence-corrected chi connectivity index (χ2v) is 5.14. The van der Waals surface area contributed by atoms with Gasteiger partial charge in [-0.15, -0.1) is 0 Å². The van der Waals surface area contributed by atoms with E-state index in [1.54, 1.807) is 42.3 Å². The molecule has 2 amide bonds. The van der Waals surface area contributed by atoms with Gasteiger partial charge in [-0.05, 0) is 19.1 Å². The van der Waals surface area contributed by atoms with Crippen LogP contribution in [0.1, 0.15) is 18.7 Å². The van der Waals surface area contributed by atoms with Crippen LogP contribution in [0.4, 0.5) is 5.69 Å². The number of carbonyl (C=O) groups excluding carboxylic acids is 2. The van der Waals surface area contributed by atoms with Crippen LogP contribution in [0.15, 0.2) is 35.8 Å². The van der Waals surface area contributed by atoms with Crippen molar-refractivity contribution in [3.63, 3.8) is 0 Å². The molecule has 1 N–H and O–H groups in total. The maximum Gasteiger partial charge on any atom is 0.271 e. The number of amides is 2. The van der Waals surface area contributed by atoms with Crippen LogP contribution in [0, 0.1) is 6.92 Å². The van der Waals surface area contributed by atoms with Crippen LogP contribution in [0.5, 0.6) is 0 Å². The Bertz CT molecular complexity index is 795. The van der Waals surface area contributed by atoms with E-state index in [0.29, 0.717) is 23.6 Å². The van der Waals surface area contributed by atoms with Crippen LogP contribution in [0.25, 0.3) is 5.82 Å². The third-order valence-corrected chi connectivity index (χ3v) is 3.56. The van der Waals surface area contributed by atoms with Crippen molar-refractivity contribution in [3.05, 3.63) is 36.5 Å². The van der Waals surface area contributed by atoms with Gasteiger partial charge in [0, 0.05) is 38.5 Å². The third kappa shape index (κ3) is 2.96. The lowest BCUT2D eigenvalue weighted by atomic mass is 10.1. The minimum absolute atomic E-state index is 0.0994. The quantitative estimate of drug-likeness (QED) is 0.919. The Balaban J connectivity index is 1.87. The molecule has 0 radical (unpaired) electrons. The van der Waals surface area contributed by atoms with Crippen LogP contribution < -0.4 is 5.32 Å². The Labute approximate surface area is 132 Å². The third-order valence-electron chi connectivity index (χ3n) is 3.56. The molecule has 1 aliphatic heterocycles. The molecule has 0 saturated heterocycles. The molecule has 23 heavy (non-hydrogen) atoms. The number of carbonyl (C=O) groups is 2. The second kappa shape index (κ2) is 5.99. The van der Waals surface area contributed by atoms with Gasteiger partial charge >= 0.3 is 0 Å². The molecule has 0 aromatic carbocycles. The van der Waals surface area contributed by atoms with E-state index in [-0.39, 0.29) is 18.2 Å². The van der Waals surface area contributed by atoms with Gasteiger partial charge in [-0.2, -0.15) is 5.10 Å². The summed E-state index contributed by atoms with van der Waals surface area (Å²) in [6.45, 7) is 1.85. The van der Waals surface area contributed by atoms with Crippen LogP contribution in [0.3, 0.4) is 0 Å². The summed E-state index contributed by atoms with van der Waals surface area (Å²) in [5.41, 5.74) is 0.880. The van der Waals surface area contributed by atoms with Gasteiger partial charge in [0.2, 0.25) is 5.91 Å². The van der Waals surface area contributed by atoms with Crippen molar-refractivity contribution < 1.29 is 9.59 Å². The van der Waals surface area contributed by atoms with Crippen molar-refractivity contribution >= 4 is 23.2 Å². The fourth-order valence-corrected chi connectivity index (χ4v) is 2.32. The smallest absolute Gasteiger partial charge is 0.271 e. The van der Waals surface area contributed by atoms with E-state index in [9.17, 15) is 9.59 Å². The zero-order chi connectivity index (χ0) is 16.4. The summed E-state index contributed by atoms with van der Waals surface area (Å²) in [6.07, 6.45) is 5.70. The van der Waals surface area contributed by atoms with Crippen LogP contribution >= 0.6 is 0 Å². The van der Waals surface area contributed by atoms with E-state index < -0.39 is 0 Å². The molecule has 0 fully saturated rings. The van der Waals surface area contributed by atoms with Gasteiger partial charge in [-0.1, -0.05) is 0 Å². The van der Waals surface area contributed by atoms with Crippen molar-refractivity contribution in [3.8, 4) is 5.82 Å². The van der Waals surface area contributed by atoms with Crippen LogP contribution in [0.2, 0.25) is 0 Å². The predicted molar refractivity (Wildman–Crippen MR) is 84.2 cm³/mol. The fraction of sp³-hybridized carbons (Fsp3) is 0.267. The molecule has 3 heterocycles. The summed E-state index contributed by atoms with van der Waals surface area (Å²) in [5.74, 6) is 0.908. The summed E-state index contributed by atoms with van der Waals surface area (Å²) in [6, 6.07) is 3.50. The van der Waals surface area contributed by atoms with Crippen molar-refractivity contribution in [1.29, 1.82) is 0 Å². The van der Waals surface area contributed by atoms with Crippen molar-refractivity contribution in [2.24, 2.45) is 5.10 Å². The van der Waals surface area contributed by atoms with E-state index in [2.05, 4.69) is 20.4 Å². The van der Waals surface area contributed by atoms with Crippen LogP contribution in [-0.4, -0.2) is 44.1 Å². The minimum Gasteiger partial charge on any atom is -0.318 e. The largest absolute Gasteiger partial charge is 0.318 e. The molecule has 0 aliphatic carbocycles. The molecule has 8 nitrogen and oxygen atoms in total. The van der Waals surface area contributed by atoms with Gasteiger partial charge < -0.3 is 5.32 Å². The lowest BCUT2D eigenvalue weighted by molar-refractivity contribution is -0.130. The molecule has 0 spiro atoms. The lowest BCUT2D eigenvalue weighted by Crippen LogP contribution is -2.34. The molecular formula is C15H16N6O2. The highest BCUT2D eigenvalue weighted by molar-refractivity contribution is 6.43. The maximum atomic E-state index is 12.4. The monoisotopic (exact) mass is 312 g/mol.